The standard InChI is InChI=1S/C28H25P/c1-18-4-8-20(9-5-18)22-12-14-24-25-15-13-23(21-10-6-19(2)7-11-21)17-27(25)28(3,29)26(24)16-22/h4-17H,29H2,1-3H3. The first kappa shape index (κ1) is 18.3. The molecule has 1 aliphatic rings. The topological polar surface area (TPSA) is 0 Å². The molecule has 142 valence electrons. The quantitative estimate of drug-likeness (QED) is 0.306. The van der Waals surface area contributed by atoms with E-state index in [0.717, 1.165) is 0 Å². The summed E-state index contributed by atoms with van der Waals surface area (Å²) in [6.45, 7) is 6.59. The first-order valence-corrected chi connectivity index (χ1v) is 10.7. The summed E-state index contributed by atoms with van der Waals surface area (Å²) in [5, 5.41) is -0.0912. The predicted octanol–water partition coefficient (Wildman–Crippen LogP) is 7.76. The first-order chi connectivity index (χ1) is 13.9. The van der Waals surface area contributed by atoms with Gasteiger partial charge in [0.1, 0.15) is 0 Å². The minimum atomic E-state index is -0.0912. The van der Waals surface area contributed by atoms with Crippen LogP contribution in [0.5, 0.6) is 0 Å². The summed E-state index contributed by atoms with van der Waals surface area (Å²) in [4.78, 5) is 0. The van der Waals surface area contributed by atoms with Crippen LogP contribution >= 0.6 is 9.24 Å². The van der Waals surface area contributed by atoms with Crippen molar-refractivity contribution in [2.45, 2.75) is 25.9 Å². The maximum absolute atomic E-state index is 3.12. The van der Waals surface area contributed by atoms with Crippen LogP contribution in [0.4, 0.5) is 0 Å². The molecule has 0 nitrogen and oxygen atoms in total. The SMILES string of the molecule is Cc1ccc(-c2ccc3c(c2)C(C)(P)c2cc(-c4ccc(C)cc4)ccc2-3)cc1. The van der Waals surface area contributed by atoms with Crippen molar-refractivity contribution in [2.24, 2.45) is 0 Å². The van der Waals surface area contributed by atoms with Crippen molar-refractivity contribution in [1.82, 2.24) is 0 Å². The van der Waals surface area contributed by atoms with Gasteiger partial charge in [0.25, 0.3) is 0 Å². The second-order valence-corrected chi connectivity index (χ2v) is 9.61. The van der Waals surface area contributed by atoms with Crippen LogP contribution in [0.25, 0.3) is 33.4 Å². The highest BCUT2D eigenvalue weighted by Crippen LogP contribution is 2.54. The Balaban J connectivity index is 1.61. The summed E-state index contributed by atoms with van der Waals surface area (Å²) in [5.41, 5.74) is 13.2. The fourth-order valence-corrected chi connectivity index (χ4v) is 4.89. The molecular formula is C28H25P. The van der Waals surface area contributed by atoms with Gasteiger partial charge in [0.05, 0.1) is 0 Å². The minimum Gasteiger partial charge on any atom is -0.122 e. The van der Waals surface area contributed by atoms with Gasteiger partial charge < -0.3 is 0 Å². The van der Waals surface area contributed by atoms with Crippen LogP contribution in [0.2, 0.25) is 0 Å². The number of hydrogen-bond donors (Lipinski definition) is 0. The Morgan fingerprint density at radius 2 is 0.862 bits per heavy atom. The van der Waals surface area contributed by atoms with Gasteiger partial charge in [-0.1, -0.05) is 83.9 Å². The summed E-state index contributed by atoms with van der Waals surface area (Å²) in [5.74, 6) is 0. The molecule has 0 aliphatic heterocycles. The van der Waals surface area contributed by atoms with Gasteiger partial charge in [0.15, 0.2) is 0 Å². The number of rotatable bonds is 2. The number of benzene rings is 4. The van der Waals surface area contributed by atoms with Crippen molar-refractivity contribution in [3.63, 3.8) is 0 Å². The van der Waals surface area contributed by atoms with Gasteiger partial charge >= 0.3 is 0 Å². The molecule has 0 saturated heterocycles. The Labute approximate surface area is 175 Å². The molecule has 0 fully saturated rings. The lowest BCUT2D eigenvalue weighted by molar-refractivity contribution is 0.870. The lowest BCUT2D eigenvalue weighted by Crippen LogP contribution is -2.10. The van der Waals surface area contributed by atoms with Crippen molar-refractivity contribution in [3.05, 3.63) is 107 Å². The highest BCUT2D eigenvalue weighted by atomic mass is 31.0. The van der Waals surface area contributed by atoms with Crippen molar-refractivity contribution in [1.29, 1.82) is 0 Å². The lowest BCUT2D eigenvalue weighted by Gasteiger charge is -2.22. The zero-order valence-corrected chi connectivity index (χ0v) is 18.3. The second-order valence-electron chi connectivity index (χ2n) is 8.46. The third-order valence-electron chi connectivity index (χ3n) is 6.22. The monoisotopic (exact) mass is 392 g/mol. The fourth-order valence-electron chi connectivity index (χ4n) is 4.41. The molecule has 0 bridgehead atoms. The maximum atomic E-state index is 3.12. The molecule has 0 aromatic heterocycles. The minimum absolute atomic E-state index is 0.0912. The van der Waals surface area contributed by atoms with Crippen molar-refractivity contribution >= 4 is 9.24 Å². The van der Waals surface area contributed by atoms with Gasteiger partial charge in [-0.05, 0) is 77.4 Å². The van der Waals surface area contributed by atoms with Gasteiger partial charge in [0.2, 0.25) is 0 Å². The molecule has 0 radical (unpaired) electrons. The molecule has 0 spiro atoms. The number of fused-ring (bicyclic) bond motifs is 3. The van der Waals surface area contributed by atoms with Gasteiger partial charge in [-0.25, -0.2) is 0 Å². The van der Waals surface area contributed by atoms with Gasteiger partial charge in [-0.15, -0.1) is 9.24 Å². The van der Waals surface area contributed by atoms with E-state index in [-0.39, 0.29) is 5.16 Å². The van der Waals surface area contributed by atoms with Crippen LogP contribution in [-0.4, -0.2) is 0 Å². The smallest absolute Gasteiger partial charge is 0.0329 e. The van der Waals surface area contributed by atoms with E-state index in [4.69, 9.17) is 0 Å². The summed E-state index contributed by atoms with van der Waals surface area (Å²) < 4.78 is 0. The first-order valence-electron chi connectivity index (χ1n) is 10.2. The maximum Gasteiger partial charge on any atom is 0.0329 e. The fraction of sp³-hybridized carbons (Fsp3) is 0.143. The van der Waals surface area contributed by atoms with E-state index in [9.17, 15) is 0 Å². The van der Waals surface area contributed by atoms with Crippen molar-refractivity contribution in [3.8, 4) is 33.4 Å². The van der Waals surface area contributed by atoms with E-state index in [1.807, 2.05) is 0 Å². The molecule has 4 aromatic carbocycles. The molecule has 1 atom stereocenters. The summed E-state index contributed by atoms with van der Waals surface area (Å²) in [6.07, 6.45) is 0. The Kier molecular flexibility index (Phi) is 4.23. The van der Waals surface area contributed by atoms with Gasteiger partial charge in [0, 0.05) is 5.16 Å². The normalized spacial score (nSPS) is 13.8. The third kappa shape index (κ3) is 3.04. The Hall–Kier alpha value is -2.69. The van der Waals surface area contributed by atoms with Gasteiger partial charge in [-0.2, -0.15) is 0 Å². The molecular weight excluding hydrogens is 367 g/mol. The molecule has 0 amide bonds. The summed E-state index contributed by atoms with van der Waals surface area (Å²) in [6, 6.07) is 31.5. The molecule has 0 heterocycles. The number of hydrogen-bond acceptors (Lipinski definition) is 0. The predicted molar refractivity (Wildman–Crippen MR) is 128 cm³/mol. The largest absolute Gasteiger partial charge is 0.122 e. The third-order valence-corrected chi connectivity index (χ3v) is 6.84. The molecule has 1 unspecified atom stereocenters. The van der Waals surface area contributed by atoms with E-state index in [2.05, 4.69) is 115 Å². The van der Waals surface area contributed by atoms with Crippen molar-refractivity contribution < 1.29 is 0 Å². The van der Waals surface area contributed by atoms with Gasteiger partial charge in [-0.3, -0.25) is 0 Å². The molecule has 0 saturated carbocycles. The average molecular weight is 392 g/mol. The highest BCUT2D eigenvalue weighted by molar-refractivity contribution is 7.19. The van der Waals surface area contributed by atoms with E-state index in [0.29, 0.717) is 0 Å². The molecule has 0 N–H and O–H groups in total. The number of aryl methyl sites for hydroxylation is 2. The molecule has 29 heavy (non-hydrogen) atoms. The van der Waals surface area contributed by atoms with Crippen LogP contribution in [0.3, 0.4) is 0 Å². The average Bonchev–Trinajstić information content (AvgIpc) is 2.96. The molecule has 5 rings (SSSR count). The summed E-state index contributed by atoms with van der Waals surface area (Å²) >= 11 is 0. The zero-order valence-electron chi connectivity index (χ0n) is 17.2. The van der Waals surface area contributed by atoms with Crippen LogP contribution in [0.15, 0.2) is 84.9 Å². The Bertz CT molecular complexity index is 1120. The van der Waals surface area contributed by atoms with E-state index in [1.54, 1.807) is 0 Å². The van der Waals surface area contributed by atoms with E-state index >= 15 is 0 Å². The van der Waals surface area contributed by atoms with Crippen molar-refractivity contribution in [2.75, 3.05) is 0 Å². The van der Waals surface area contributed by atoms with Crippen LogP contribution in [0, 0.1) is 13.8 Å². The van der Waals surface area contributed by atoms with E-state index in [1.165, 1.54) is 55.6 Å². The highest BCUT2D eigenvalue weighted by Gasteiger charge is 2.36. The lowest BCUT2D eigenvalue weighted by atomic mass is 9.93. The molecule has 1 heteroatoms. The van der Waals surface area contributed by atoms with Crippen LogP contribution < -0.4 is 0 Å². The molecule has 1 aliphatic carbocycles. The molecule has 4 aromatic rings. The van der Waals surface area contributed by atoms with E-state index < -0.39 is 0 Å². The second kappa shape index (κ2) is 6.68. The zero-order chi connectivity index (χ0) is 20.2. The van der Waals surface area contributed by atoms with Crippen LogP contribution in [0.1, 0.15) is 29.2 Å². The Morgan fingerprint density at radius 3 is 1.24 bits per heavy atom. The van der Waals surface area contributed by atoms with Crippen LogP contribution in [-0.2, 0) is 5.16 Å². The summed E-state index contributed by atoms with van der Waals surface area (Å²) in [7, 11) is 3.12. The Morgan fingerprint density at radius 1 is 0.517 bits per heavy atom.